The average Bonchev–Trinajstić information content (AvgIpc) is 2.49. The monoisotopic (exact) mass is 397 g/mol. The van der Waals surface area contributed by atoms with Crippen molar-refractivity contribution in [3.8, 4) is 0 Å². The highest BCUT2D eigenvalue weighted by atomic mass is 127. The molecule has 0 saturated carbocycles. The van der Waals surface area contributed by atoms with E-state index in [2.05, 4.69) is 59.1 Å². The lowest BCUT2D eigenvalue weighted by molar-refractivity contribution is 0.536. The van der Waals surface area contributed by atoms with E-state index < -0.39 is 0 Å². The van der Waals surface area contributed by atoms with Gasteiger partial charge in [0, 0.05) is 16.0 Å². The molecule has 1 unspecified atom stereocenters. The second-order valence-electron chi connectivity index (χ2n) is 5.25. The highest BCUT2D eigenvalue weighted by Crippen LogP contribution is 2.23. The quantitative estimate of drug-likeness (QED) is 0.525. The van der Waals surface area contributed by atoms with Crippen LogP contribution < -0.4 is 5.32 Å². The summed E-state index contributed by atoms with van der Waals surface area (Å²) in [5, 5.41) is 3.42. The van der Waals surface area contributed by atoms with Crippen LogP contribution in [0.5, 0.6) is 0 Å². The molecule has 3 heteroatoms. The van der Waals surface area contributed by atoms with Crippen LogP contribution >= 0.6 is 22.6 Å². The molecule has 0 radical (unpaired) electrons. The number of rotatable bonds is 7. The van der Waals surface area contributed by atoms with Gasteiger partial charge in [0.1, 0.15) is 5.82 Å². The summed E-state index contributed by atoms with van der Waals surface area (Å²) >= 11 is 2.30. The highest BCUT2D eigenvalue weighted by Gasteiger charge is 2.15. The Morgan fingerprint density at radius 1 is 1.10 bits per heavy atom. The number of hydrogen-bond donors (Lipinski definition) is 1. The number of halogens is 2. The summed E-state index contributed by atoms with van der Waals surface area (Å²) in [6.45, 7) is 3.92. The van der Waals surface area contributed by atoms with Gasteiger partial charge in [0.2, 0.25) is 0 Å². The first-order valence-corrected chi connectivity index (χ1v) is 8.48. The molecular weight excluding hydrogens is 376 g/mol. The standard InChI is InChI=1S/C18H21FIN/c1-2-11-21-13-15(17-5-3-4-6-18(17)19)12-14-7-9-16(20)10-8-14/h3-10,15,21H,2,11-13H2,1H3. The zero-order valence-electron chi connectivity index (χ0n) is 12.3. The predicted molar refractivity (Wildman–Crippen MR) is 95.2 cm³/mol. The van der Waals surface area contributed by atoms with Gasteiger partial charge < -0.3 is 5.32 Å². The molecule has 2 aromatic carbocycles. The van der Waals surface area contributed by atoms with E-state index in [-0.39, 0.29) is 11.7 Å². The summed E-state index contributed by atoms with van der Waals surface area (Å²) in [5.41, 5.74) is 2.06. The molecule has 0 aliphatic rings. The Balaban J connectivity index is 2.15. The SMILES string of the molecule is CCCNCC(Cc1ccc(I)cc1)c1ccccc1F. The molecule has 1 N–H and O–H groups in total. The van der Waals surface area contributed by atoms with Gasteiger partial charge in [-0.25, -0.2) is 4.39 Å². The molecular formula is C18H21FIN. The molecule has 21 heavy (non-hydrogen) atoms. The lowest BCUT2D eigenvalue weighted by atomic mass is 9.91. The van der Waals surface area contributed by atoms with Crippen molar-refractivity contribution >= 4 is 22.6 Å². The van der Waals surface area contributed by atoms with Crippen LogP contribution in [0.2, 0.25) is 0 Å². The number of hydrogen-bond acceptors (Lipinski definition) is 1. The fraction of sp³-hybridized carbons (Fsp3) is 0.333. The fourth-order valence-corrected chi connectivity index (χ4v) is 2.82. The van der Waals surface area contributed by atoms with Crippen LogP contribution in [-0.4, -0.2) is 13.1 Å². The lowest BCUT2D eigenvalue weighted by Gasteiger charge is -2.19. The molecule has 112 valence electrons. The molecule has 0 fully saturated rings. The van der Waals surface area contributed by atoms with Gasteiger partial charge in [-0.05, 0) is 71.3 Å². The summed E-state index contributed by atoms with van der Waals surface area (Å²) in [6.07, 6.45) is 1.95. The smallest absolute Gasteiger partial charge is 0.126 e. The van der Waals surface area contributed by atoms with Crippen LogP contribution in [0, 0.1) is 9.39 Å². The third kappa shape index (κ3) is 5.08. The van der Waals surface area contributed by atoms with Crippen LogP contribution in [0.15, 0.2) is 48.5 Å². The minimum atomic E-state index is -0.105. The van der Waals surface area contributed by atoms with Crippen LogP contribution in [-0.2, 0) is 6.42 Å². The highest BCUT2D eigenvalue weighted by molar-refractivity contribution is 14.1. The Morgan fingerprint density at radius 2 is 1.81 bits per heavy atom. The molecule has 0 bridgehead atoms. The van der Waals surface area contributed by atoms with E-state index >= 15 is 0 Å². The molecule has 1 atom stereocenters. The first kappa shape index (κ1) is 16.4. The zero-order valence-corrected chi connectivity index (χ0v) is 14.4. The molecule has 2 aromatic rings. The third-order valence-electron chi connectivity index (χ3n) is 3.56. The summed E-state index contributed by atoms with van der Waals surface area (Å²) in [6, 6.07) is 15.6. The minimum Gasteiger partial charge on any atom is -0.316 e. The van der Waals surface area contributed by atoms with Crippen LogP contribution in [0.25, 0.3) is 0 Å². The second kappa shape index (κ2) is 8.49. The second-order valence-corrected chi connectivity index (χ2v) is 6.50. The van der Waals surface area contributed by atoms with Crippen molar-refractivity contribution in [1.29, 1.82) is 0 Å². The Kier molecular flexibility index (Phi) is 6.64. The molecule has 0 aliphatic carbocycles. The topological polar surface area (TPSA) is 12.0 Å². The molecule has 0 aromatic heterocycles. The predicted octanol–water partition coefficient (Wildman–Crippen LogP) is 4.76. The maximum absolute atomic E-state index is 14.1. The molecule has 0 amide bonds. The largest absolute Gasteiger partial charge is 0.316 e. The van der Waals surface area contributed by atoms with Crippen molar-refractivity contribution in [2.75, 3.05) is 13.1 Å². The minimum absolute atomic E-state index is 0.105. The molecule has 0 saturated heterocycles. The van der Waals surface area contributed by atoms with Crippen molar-refractivity contribution in [2.24, 2.45) is 0 Å². The molecule has 1 nitrogen and oxygen atoms in total. The summed E-state index contributed by atoms with van der Waals surface area (Å²) in [4.78, 5) is 0. The van der Waals surface area contributed by atoms with E-state index in [1.807, 2.05) is 12.1 Å². The van der Waals surface area contributed by atoms with Gasteiger partial charge in [0.15, 0.2) is 0 Å². The van der Waals surface area contributed by atoms with Crippen molar-refractivity contribution in [3.05, 3.63) is 69.0 Å². The summed E-state index contributed by atoms with van der Waals surface area (Å²) in [5.74, 6) is 0.0594. The maximum Gasteiger partial charge on any atom is 0.126 e. The number of nitrogens with one attached hydrogen (secondary N) is 1. The first-order chi connectivity index (χ1) is 10.2. The molecule has 0 aliphatic heterocycles. The van der Waals surface area contributed by atoms with E-state index in [0.717, 1.165) is 31.5 Å². The van der Waals surface area contributed by atoms with E-state index in [4.69, 9.17) is 0 Å². The van der Waals surface area contributed by atoms with Crippen molar-refractivity contribution in [3.63, 3.8) is 0 Å². The Morgan fingerprint density at radius 3 is 2.48 bits per heavy atom. The van der Waals surface area contributed by atoms with Crippen molar-refractivity contribution in [1.82, 2.24) is 5.32 Å². The summed E-state index contributed by atoms with van der Waals surface area (Å²) < 4.78 is 15.3. The normalized spacial score (nSPS) is 12.3. The Labute approximate surface area is 140 Å². The van der Waals surface area contributed by atoms with E-state index in [1.54, 1.807) is 12.1 Å². The first-order valence-electron chi connectivity index (χ1n) is 7.40. The van der Waals surface area contributed by atoms with Gasteiger partial charge in [0.25, 0.3) is 0 Å². The lowest BCUT2D eigenvalue weighted by Crippen LogP contribution is -2.24. The average molecular weight is 397 g/mol. The van der Waals surface area contributed by atoms with Gasteiger partial charge >= 0.3 is 0 Å². The third-order valence-corrected chi connectivity index (χ3v) is 4.28. The van der Waals surface area contributed by atoms with E-state index in [9.17, 15) is 4.39 Å². The van der Waals surface area contributed by atoms with E-state index in [1.165, 1.54) is 9.13 Å². The fourth-order valence-electron chi connectivity index (χ4n) is 2.46. The molecule has 0 spiro atoms. The van der Waals surface area contributed by atoms with Gasteiger partial charge in [-0.15, -0.1) is 0 Å². The van der Waals surface area contributed by atoms with E-state index in [0.29, 0.717) is 0 Å². The van der Waals surface area contributed by atoms with Crippen LogP contribution in [0.1, 0.15) is 30.4 Å². The Hall–Kier alpha value is -0.940. The van der Waals surface area contributed by atoms with Gasteiger partial charge in [-0.1, -0.05) is 37.3 Å². The molecule has 0 heterocycles. The van der Waals surface area contributed by atoms with Crippen LogP contribution in [0.3, 0.4) is 0 Å². The Bertz CT molecular complexity index is 553. The number of benzene rings is 2. The summed E-state index contributed by atoms with van der Waals surface area (Å²) in [7, 11) is 0. The van der Waals surface area contributed by atoms with Gasteiger partial charge in [0.05, 0.1) is 0 Å². The van der Waals surface area contributed by atoms with Crippen molar-refractivity contribution in [2.45, 2.75) is 25.7 Å². The van der Waals surface area contributed by atoms with Gasteiger partial charge in [-0.3, -0.25) is 0 Å². The zero-order chi connectivity index (χ0) is 15.1. The molecule has 2 rings (SSSR count). The van der Waals surface area contributed by atoms with Gasteiger partial charge in [-0.2, -0.15) is 0 Å². The van der Waals surface area contributed by atoms with Crippen molar-refractivity contribution < 1.29 is 4.39 Å². The van der Waals surface area contributed by atoms with Crippen LogP contribution in [0.4, 0.5) is 4.39 Å². The maximum atomic E-state index is 14.1.